The van der Waals surface area contributed by atoms with Gasteiger partial charge in [-0.2, -0.15) is 0 Å². The average Bonchev–Trinajstić information content (AvgIpc) is 2.95. The van der Waals surface area contributed by atoms with Crippen LogP contribution in [-0.4, -0.2) is 36.6 Å². The van der Waals surface area contributed by atoms with E-state index in [0.717, 1.165) is 30.4 Å². The van der Waals surface area contributed by atoms with Crippen LogP contribution in [0.2, 0.25) is 0 Å². The van der Waals surface area contributed by atoms with Gasteiger partial charge in [-0.1, -0.05) is 97.4 Å². The Bertz CT molecular complexity index is 1120. The molecule has 0 aromatic heterocycles. The van der Waals surface area contributed by atoms with Gasteiger partial charge < -0.3 is 20.7 Å². The number of carbonyl (C=O) groups is 3. The lowest BCUT2D eigenvalue weighted by Crippen LogP contribution is -2.54. The number of carbonyl (C=O) groups excluding carboxylic acids is 3. The van der Waals surface area contributed by atoms with Crippen molar-refractivity contribution in [3.8, 4) is 0 Å². The summed E-state index contributed by atoms with van der Waals surface area (Å²) in [5, 5.41) is 8.43. The van der Waals surface area contributed by atoms with Crippen molar-refractivity contribution in [3.63, 3.8) is 0 Å². The van der Waals surface area contributed by atoms with E-state index in [-0.39, 0.29) is 13.0 Å². The molecular formula is C31H37N3O4. The second-order valence-corrected chi connectivity index (χ2v) is 9.10. The number of esters is 1. The minimum atomic E-state index is -0.866. The third-order valence-corrected chi connectivity index (χ3v) is 6.14. The predicted molar refractivity (Wildman–Crippen MR) is 148 cm³/mol. The summed E-state index contributed by atoms with van der Waals surface area (Å²) >= 11 is 0. The molecule has 0 aliphatic rings. The summed E-state index contributed by atoms with van der Waals surface area (Å²) in [6, 6.07) is 27.0. The number of benzene rings is 3. The molecular weight excluding hydrogens is 478 g/mol. The molecule has 0 saturated carbocycles. The molecule has 0 aliphatic carbocycles. The molecule has 200 valence electrons. The van der Waals surface area contributed by atoms with Gasteiger partial charge in [0, 0.05) is 13.0 Å². The molecule has 0 radical (unpaired) electrons. The molecule has 3 aromatic rings. The Morgan fingerprint density at radius 3 is 1.89 bits per heavy atom. The van der Waals surface area contributed by atoms with E-state index < -0.39 is 30.0 Å². The van der Waals surface area contributed by atoms with Crippen LogP contribution in [0, 0.1) is 0 Å². The summed E-state index contributed by atoms with van der Waals surface area (Å²) in [6.07, 6.45) is 3.26. The van der Waals surface area contributed by atoms with Crippen molar-refractivity contribution < 1.29 is 19.1 Å². The molecule has 0 spiro atoms. The second-order valence-electron chi connectivity index (χ2n) is 9.10. The van der Waals surface area contributed by atoms with Crippen LogP contribution in [0.5, 0.6) is 0 Å². The molecule has 2 atom stereocenters. The maximum atomic E-state index is 13.4. The Morgan fingerprint density at radius 1 is 0.711 bits per heavy atom. The van der Waals surface area contributed by atoms with Crippen molar-refractivity contribution in [3.05, 3.63) is 108 Å². The molecule has 3 aromatic carbocycles. The van der Waals surface area contributed by atoms with Gasteiger partial charge in [-0.25, -0.2) is 9.59 Å². The molecule has 0 bridgehead atoms. The van der Waals surface area contributed by atoms with Gasteiger partial charge in [0.2, 0.25) is 5.91 Å². The van der Waals surface area contributed by atoms with Gasteiger partial charge in [-0.15, -0.1) is 0 Å². The third kappa shape index (κ3) is 10.1. The van der Waals surface area contributed by atoms with Gasteiger partial charge in [-0.3, -0.25) is 4.79 Å². The fraction of sp³-hybridized carbons (Fsp3) is 0.323. The highest BCUT2D eigenvalue weighted by atomic mass is 16.5. The lowest BCUT2D eigenvalue weighted by atomic mass is 10.0. The number of hydrogen-bond donors (Lipinski definition) is 3. The van der Waals surface area contributed by atoms with Gasteiger partial charge in [0.25, 0.3) is 0 Å². The molecule has 7 heteroatoms. The largest absolute Gasteiger partial charge is 0.464 e. The number of unbranched alkanes of at least 4 members (excludes halogenated alkanes) is 1. The molecule has 0 fully saturated rings. The summed E-state index contributed by atoms with van der Waals surface area (Å²) in [7, 11) is 0. The second kappa shape index (κ2) is 15.9. The van der Waals surface area contributed by atoms with Crippen LogP contribution in [0.15, 0.2) is 91.0 Å². The summed E-state index contributed by atoms with van der Waals surface area (Å²) in [5.74, 6) is -0.891. The van der Waals surface area contributed by atoms with Crippen LogP contribution in [0.4, 0.5) is 4.79 Å². The van der Waals surface area contributed by atoms with Gasteiger partial charge in [0.05, 0.1) is 6.61 Å². The zero-order valence-electron chi connectivity index (χ0n) is 21.9. The summed E-state index contributed by atoms with van der Waals surface area (Å²) in [5.41, 5.74) is 3.08. The van der Waals surface area contributed by atoms with E-state index in [1.165, 1.54) is 5.56 Å². The Labute approximate surface area is 225 Å². The van der Waals surface area contributed by atoms with Gasteiger partial charge >= 0.3 is 12.0 Å². The predicted octanol–water partition coefficient (Wildman–Crippen LogP) is 4.56. The van der Waals surface area contributed by atoms with Gasteiger partial charge in [0.15, 0.2) is 0 Å². The van der Waals surface area contributed by atoms with Crippen LogP contribution >= 0.6 is 0 Å². The zero-order valence-corrected chi connectivity index (χ0v) is 21.9. The summed E-state index contributed by atoms with van der Waals surface area (Å²) < 4.78 is 5.23. The first-order valence-corrected chi connectivity index (χ1v) is 13.2. The Hall–Kier alpha value is -4.13. The Balaban J connectivity index is 1.62. The van der Waals surface area contributed by atoms with E-state index in [2.05, 4.69) is 28.1 Å². The van der Waals surface area contributed by atoms with Crippen molar-refractivity contribution >= 4 is 17.9 Å². The van der Waals surface area contributed by atoms with E-state index in [4.69, 9.17) is 4.74 Å². The maximum absolute atomic E-state index is 13.4. The lowest BCUT2D eigenvalue weighted by molar-refractivity contribution is -0.147. The Kier molecular flexibility index (Phi) is 11.9. The van der Waals surface area contributed by atoms with Crippen LogP contribution in [0.25, 0.3) is 0 Å². The molecule has 3 amide bonds. The molecule has 7 nitrogen and oxygen atoms in total. The van der Waals surface area contributed by atoms with Gasteiger partial charge in [0.1, 0.15) is 12.1 Å². The van der Waals surface area contributed by atoms with E-state index in [1.54, 1.807) is 6.92 Å². The number of hydrogen-bond acceptors (Lipinski definition) is 4. The first-order valence-electron chi connectivity index (χ1n) is 13.2. The monoisotopic (exact) mass is 515 g/mol. The topological polar surface area (TPSA) is 96.5 Å². The van der Waals surface area contributed by atoms with Crippen molar-refractivity contribution in [2.45, 2.75) is 57.7 Å². The minimum absolute atomic E-state index is 0.225. The van der Waals surface area contributed by atoms with Crippen molar-refractivity contribution in [1.82, 2.24) is 16.0 Å². The van der Waals surface area contributed by atoms with E-state index in [9.17, 15) is 14.4 Å². The minimum Gasteiger partial charge on any atom is -0.464 e. The zero-order chi connectivity index (χ0) is 27.0. The first-order chi connectivity index (χ1) is 18.5. The smallest absolute Gasteiger partial charge is 0.328 e. The number of nitrogens with one attached hydrogen (secondary N) is 3. The fourth-order valence-electron chi connectivity index (χ4n) is 4.13. The van der Waals surface area contributed by atoms with Crippen LogP contribution < -0.4 is 16.0 Å². The van der Waals surface area contributed by atoms with Crippen LogP contribution in [-0.2, 0) is 33.7 Å². The molecule has 3 N–H and O–H groups in total. The lowest BCUT2D eigenvalue weighted by Gasteiger charge is -2.23. The van der Waals surface area contributed by atoms with E-state index >= 15 is 0 Å². The SMILES string of the molecule is CCOC(=O)C(CCCCc1ccccc1)NC(=O)[C@H](Cc1ccccc1)NC(=O)NCc1ccccc1. The third-order valence-electron chi connectivity index (χ3n) is 6.14. The Morgan fingerprint density at radius 2 is 1.29 bits per heavy atom. The first kappa shape index (κ1) is 28.4. The van der Waals surface area contributed by atoms with Crippen molar-refractivity contribution in [2.75, 3.05) is 6.61 Å². The molecule has 3 rings (SSSR count). The highest BCUT2D eigenvalue weighted by molar-refractivity contribution is 5.90. The number of urea groups is 1. The normalized spacial score (nSPS) is 12.1. The van der Waals surface area contributed by atoms with Gasteiger partial charge in [-0.05, 0) is 42.9 Å². The molecule has 38 heavy (non-hydrogen) atoms. The molecule has 0 aliphatic heterocycles. The fourth-order valence-corrected chi connectivity index (χ4v) is 4.13. The van der Waals surface area contributed by atoms with Crippen molar-refractivity contribution in [1.29, 1.82) is 0 Å². The van der Waals surface area contributed by atoms with Crippen LogP contribution in [0.3, 0.4) is 0 Å². The number of aryl methyl sites for hydroxylation is 1. The summed E-state index contributed by atoms with van der Waals surface area (Å²) in [6.45, 7) is 2.30. The van der Waals surface area contributed by atoms with Crippen molar-refractivity contribution in [2.24, 2.45) is 0 Å². The summed E-state index contributed by atoms with van der Waals surface area (Å²) in [4.78, 5) is 38.7. The number of rotatable bonds is 14. The number of ether oxygens (including phenoxy) is 1. The van der Waals surface area contributed by atoms with Crippen LogP contribution in [0.1, 0.15) is 42.9 Å². The highest BCUT2D eigenvalue weighted by Gasteiger charge is 2.27. The van der Waals surface area contributed by atoms with E-state index in [0.29, 0.717) is 13.0 Å². The quantitative estimate of drug-likeness (QED) is 0.217. The maximum Gasteiger partial charge on any atom is 0.328 e. The van der Waals surface area contributed by atoms with E-state index in [1.807, 2.05) is 78.9 Å². The average molecular weight is 516 g/mol. The molecule has 1 unspecified atom stereocenters. The molecule has 0 heterocycles. The number of amides is 3. The highest BCUT2D eigenvalue weighted by Crippen LogP contribution is 2.10. The molecule has 0 saturated heterocycles. The standard InChI is InChI=1S/C31H37N3O4/c1-2-38-30(36)27(21-13-12-16-24-14-6-3-7-15-24)33-29(35)28(22-25-17-8-4-9-18-25)34-31(37)32-23-26-19-10-5-11-20-26/h3-11,14-15,17-20,27-28H,2,12-13,16,21-23H2,1H3,(H,33,35)(H2,32,34,37)/t27?,28-/m0/s1.